The van der Waals surface area contributed by atoms with Crippen molar-refractivity contribution >= 4 is 23.4 Å². The maximum absolute atomic E-state index is 13.2. The largest absolute Gasteiger partial charge is 0.338 e. The van der Waals surface area contributed by atoms with Crippen LogP contribution in [-0.4, -0.2) is 34.0 Å². The number of anilines is 1. The minimum absolute atomic E-state index is 0.0571. The van der Waals surface area contributed by atoms with Crippen molar-refractivity contribution in [1.29, 1.82) is 0 Å². The number of nitrogens with one attached hydrogen (secondary N) is 1. The molecule has 1 aliphatic rings. The number of para-hydroxylation sites is 1. The van der Waals surface area contributed by atoms with Crippen molar-refractivity contribution in [3.63, 3.8) is 0 Å². The molecule has 1 saturated heterocycles. The molecule has 1 N–H and O–H groups in total. The maximum Gasteiger partial charge on any atom is 0.241 e. The van der Waals surface area contributed by atoms with Crippen molar-refractivity contribution in [2.24, 2.45) is 5.92 Å². The molecule has 1 unspecified atom stereocenters. The van der Waals surface area contributed by atoms with Gasteiger partial charge in [0.15, 0.2) is 0 Å². The van der Waals surface area contributed by atoms with Crippen LogP contribution >= 0.6 is 11.8 Å². The number of piperidine rings is 1. The molecule has 35 heavy (non-hydrogen) atoms. The Hall–Kier alpha value is -3.42. The molecule has 1 aromatic heterocycles. The van der Waals surface area contributed by atoms with E-state index in [4.69, 9.17) is 4.52 Å². The molecule has 1 fully saturated rings. The van der Waals surface area contributed by atoms with Crippen LogP contribution in [0.25, 0.3) is 11.4 Å². The fourth-order valence-electron chi connectivity index (χ4n) is 4.25. The zero-order valence-corrected chi connectivity index (χ0v) is 20.5. The molecule has 6 nitrogen and oxygen atoms in total. The second kappa shape index (κ2) is 10.9. The minimum atomic E-state index is -0.0852. The molecule has 0 spiro atoms. The van der Waals surface area contributed by atoms with E-state index in [0.717, 1.165) is 40.4 Å². The summed E-state index contributed by atoms with van der Waals surface area (Å²) in [6.45, 7) is 4.17. The third-order valence-electron chi connectivity index (χ3n) is 6.13. The number of aromatic nitrogens is 2. The van der Waals surface area contributed by atoms with Crippen LogP contribution in [0.15, 0.2) is 93.2 Å². The molecule has 7 heteroatoms. The highest BCUT2D eigenvalue weighted by atomic mass is 32.2. The Balaban J connectivity index is 1.21. The quantitative estimate of drug-likeness (QED) is 0.344. The molecule has 2 heterocycles. The lowest BCUT2D eigenvalue weighted by Gasteiger charge is -2.31. The Labute approximate surface area is 209 Å². The van der Waals surface area contributed by atoms with E-state index < -0.39 is 0 Å². The topological polar surface area (TPSA) is 71.3 Å². The van der Waals surface area contributed by atoms with Crippen LogP contribution in [0.4, 0.5) is 5.69 Å². The van der Waals surface area contributed by atoms with E-state index in [1.807, 2.05) is 66.7 Å². The zero-order chi connectivity index (χ0) is 24.0. The van der Waals surface area contributed by atoms with E-state index in [9.17, 15) is 4.79 Å². The molecule has 178 valence electrons. The van der Waals surface area contributed by atoms with Gasteiger partial charge in [-0.25, -0.2) is 0 Å². The summed E-state index contributed by atoms with van der Waals surface area (Å²) in [4.78, 5) is 22.2. The molecule has 0 radical (unpaired) electrons. The zero-order valence-electron chi connectivity index (χ0n) is 19.7. The minimum Gasteiger partial charge on any atom is -0.338 e. The van der Waals surface area contributed by atoms with Gasteiger partial charge in [0.25, 0.3) is 0 Å². The van der Waals surface area contributed by atoms with Gasteiger partial charge in [-0.1, -0.05) is 77.1 Å². The lowest BCUT2D eigenvalue weighted by molar-refractivity contribution is -0.121. The van der Waals surface area contributed by atoms with Gasteiger partial charge in [0, 0.05) is 21.9 Å². The highest BCUT2D eigenvalue weighted by molar-refractivity contribution is 7.99. The predicted molar refractivity (Wildman–Crippen MR) is 138 cm³/mol. The van der Waals surface area contributed by atoms with Crippen molar-refractivity contribution in [3.05, 3.63) is 90.3 Å². The number of benzene rings is 3. The van der Waals surface area contributed by atoms with Gasteiger partial charge in [-0.3, -0.25) is 9.69 Å². The van der Waals surface area contributed by atoms with Crippen LogP contribution in [0.5, 0.6) is 0 Å². The SMILES string of the molecule is Cc1ccc(-c2noc(CN3CCCC(C(=O)Nc4ccccc4Sc4ccccc4)C3)n2)cc1. The molecule has 0 bridgehead atoms. The summed E-state index contributed by atoms with van der Waals surface area (Å²) in [5.74, 6) is 1.14. The van der Waals surface area contributed by atoms with E-state index >= 15 is 0 Å². The molecule has 1 amide bonds. The van der Waals surface area contributed by atoms with Gasteiger partial charge in [-0.15, -0.1) is 0 Å². The highest BCUT2D eigenvalue weighted by Crippen LogP contribution is 2.33. The second-order valence-corrected chi connectivity index (χ2v) is 9.97. The van der Waals surface area contributed by atoms with E-state index in [1.165, 1.54) is 5.56 Å². The Morgan fingerprint density at radius 2 is 1.83 bits per heavy atom. The smallest absolute Gasteiger partial charge is 0.241 e. The fraction of sp³-hybridized carbons (Fsp3) is 0.250. The Kier molecular flexibility index (Phi) is 7.25. The molecule has 1 atom stereocenters. The molecular formula is C28H28N4O2S. The molecular weight excluding hydrogens is 456 g/mol. The number of carbonyl (C=O) groups excluding carboxylic acids is 1. The van der Waals surface area contributed by atoms with Crippen LogP contribution < -0.4 is 5.32 Å². The summed E-state index contributed by atoms with van der Waals surface area (Å²) >= 11 is 1.65. The van der Waals surface area contributed by atoms with Gasteiger partial charge in [0.05, 0.1) is 18.2 Å². The highest BCUT2D eigenvalue weighted by Gasteiger charge is 2.27. The Morgan fingerprint density at radius 1 is 1.06 bits per heavy atom. The first-order chi connectivity index (χ1) is 17.1. The number of nitrogens with zero attached hydrogens (tertiary/aromatic N) is 3. The summed E-state index contributed by atoms with van der Waals surface area (Å²) in [5.41, 5.74) is 2.98. The Morgan fingerprint density at radius 3 is 2.66 bits per heavy atom. The monoisotopic (exact) mass is 484 g/mol. The molecule has 1 aliphatic heterocycles. The summed E-state index contributed by atoms with van der Waals surface area (Å²) in [6, 6.07) is 26.2. The summed E-state index contributed by atoms with van der Waals surface area (Å²) in [7, 11) is 0. The lowest BCUT2D eigenvalue weighted by atomic mass is 9.97. The van der Waals surface area contributed by atoms with E-state index in [1.54, 1.807) is 11.8 Å². The van der Waals surface area contributed by atoms with Gasteiger partial charge < -0.3 is 9.84 Å². The van der Waals surface area contributed by atoms with Gasteiger partial charge in [0.2, 0.25) is 17.6 Å². The first kappa shape index (κ1) is 23.3. The third kappa shape index (κ3) is 5.99. The number of hydrogen-bond donors (Lipinski definition) is 1. The van der Waals surface area contributed by atoms with Crippen molar-refractivity contribution in [3.8, 4) is 11.4 Å². The van der Waals surface area contributed by atoms with Crippen molar-refractivity contribution in [1.82, 2.24) is 15.0 Å². The number of amides is 1. The predicted octanol–water partition coefficient (Wildman–Crippen LogP) is 6.05. The van der Waals surface area contributed by atoms with Crippen LogP contribution in [0.2, 0.25) is 0 Å². The second-order valence-electron chi connectivity index (χ2n) is 8.85. The first-order valence-electron chi connectivity index (χ1n) is 11.9. The average Bonchev–Trinajstić information content (AvgIpc) is 3.35. The van der Waals surface area contributed by atoms with Crippen LogP contribution in [-0.2, 0) is 11.3 Å². The van der Waals surface area contributed by atoms with Crippen LogP contribution in [0.1, 0.15) is 24.3 Å². The van der Waals surface area contributed by atoms with E-state index in [0.29, 0.717) is 24.8 Å². The first-order valence-corrected chi connectivity index (χ1v) is 12.7. The van der Waals surface area contributed by atoms with Gasteiger partial charge in [-0.05, 0) is 50.6 Å². The van der Waals surface area contributed by atoms with Crippen LogP contribution in [0.3, 0.4) is 0 Å². The van der Waals surface area contributed by atoms with Crippen molar-refractivity contribution in [2.45, 2.75) is 36.1 Å². The van der Waals surface area contributed by atoms with E-state index in [2.05, 4.69) is 39.4 Å². The number of carbonyl (C=O) groups is 1. The third-order valence-corrected chi connectivity index (χ3v) is 7.21. The standard InChI is InChI=1S/C28H28N4O2S/c1-20-13-15-21(16-14-20)27-30-26(34-31-27)19-32-17-7-8-22(18-32)28(33)29-24-11-5-6-12-25(24)35-23-9-3-2-4-10-23/h2-6,9-16,22H,7-8,17-19H2,1H3,(H,29,33). The van der Waals surface area contributed by atoms with Gasteiger partial charge in [-0.2, -0.15) is 4.98 Å². The average molecular weight is 485 g/mol. The lowest BCUT2D eigenvalue weighted by Crippen LogP contribution is -2.40. The number of likely N-dealkylation sites (tertiary alicyclic amines) is 1. The van der Waals surface area contributed by atoms with Crippen LogP contribution in [0, 0.1) is 12.8 Å². The molecule has 3 aromatic carbocycles. The number of aryl methyl sites for hydroxylation is 1. The number of rotatable bonds is 7. The van der Waals surface area contributed by atoms with Crippen molar-refractivity contribution < 1.29 is 9.32 Å². The van der Waals surface area contributed by atoms with Crippen molar-refractivity contribution in [2.75, 3.05) is 18.4 Å². The molecule has 4 aromatic rings. The van der Waals surface area contributed by atoms with Gasteiger partial charge in [0.1, 0.15) is 0 Å². The van der Waals surface area contributed by atoms with Gasteiger partial charge >= 0.3 is 0 Å². The normalized spacial score (nSPS) is 16.2. The molecule has 0 aliphatic carbocycles. The van der Waals surface area contributed by atoms with E-state index in [-0.39, 0.29) is 11.8 Å². The summed E-state index contributed by atoms with van der Waals surface area (Å²) in [6.07, 6.45) is 1.83. The number of hydrogen-bond acceptors (Lipinski definition) is 6. The molecule has 5 rings (SSSR count). The maximum atomic E-state index is 13.2. The fourth-order valence-corrected chi connectivity index (χ4v) is 5.18. The summed E-state index contributed by atoms with van der Waals surface area (Å²) in [5, 5.41) is 7.32. The summed E-state index contributed by atoms with van der Waals surface area (Å²) < 4.78 is 5.51. The molecule has 0 saturated carbocycles. The Bertz CT molecular complexity index is 1270.